The summed E-state index contributed by atoms with van der Waals surface area (Å²) in [6.07, 6.45) is 7.20. The monoisotopic (exact) mass is 305 g/mol. The molecule has 0 amide bonds. The normalized spacial score (nSPS) is 12.8. The molecule has 0 saturated carbocycles. The van der Waals surface area contributed by atoms with Crippen LogP contribution in [0.5, 0.6) is 0 Å². The highest BCUT2D eigenvalue weighted by Gasteiger charge is 2.32. The van der Waals surface area contributed by atoms with E-state index in [2.05, 4.69) is 27.7 Å². The molecule has 0 aromatic rings. The molecule has 3 nitrogen and oxygen atoms in total. The Morgan fingerprint density at radius 2 is 1.55 bits per heavy atom. The van der Waals surface area contributed by atoms with Gasteiger partial charge in [0.1, 0.15) is 5.78 Å². The third-order valence-corrected chi connectivity index (χ3v) is 4.59. The number of carbonyl (C=O) groups is 1. The van der Waals surface area contributed by atoms with Crippen molar-refractivity contribution in [2.45, 2.75) is 91.7 Å². The van der Waals surface area contributed by atoms with Gasteiger partial charge in [-0.2, -0.15) is 0 Å². The predicted octanol–water partition coefficient (Wildman–Crippen LogP) is 4.63. The van der Waals surface area contributed by atoms with Crippen LogP contribution in [0.15, 0.2) is 0 Å². The van der Waals surface area contributed by atoms with Gasteiger partial charge in [0.25, 0.3) is 0 Å². The second kappa shape index (κ2) is 12.5. The van der Waals surface area contributed by atoms with Gasteiger partial charge in [-0.3, -0.25) is 9.00 Å². The topological polar surface area (TPSA) is 57.2 Å². The first-order valence-corrected chi connectivity index (χ1v) is 9.06. The Balaban J connectivity index is 0. The van der Waals surface area contributed by atoms with Crippen molar-refractivity contribution in [1.82, 2.24) is 0 Å². The van der Waals surface area contributed by atoms with Crippen LogP contribution in [0, 0.1) is 5.41 Å². The van der Waals surface area contributed by atoms with Crippen molar-refractivity contribution in [3.05, 3.63) is 0 Å². The molecule has 0 rings (SSSR count). The largest absolute Gasteiger partial charge is 0.772 e. The number of unbranched alkanes of at least 4 members (excludes halogenated alkanes) is 1. The van der Waals surface area contributed by atoms with Crippen LogP contribution >= 0.6 is 0 Å². The molecule has 0 saturated heterocycles. The minimum atomic E-state index is -1.87. The summed E-state index contributed by atoms with van der Waals surface area (Å²) in [7, 11) is 0. The molecule has 0 aromatic carbocycles. The fraction of sp³-hybridized carbons (Fsp3) is 0.938. The van der Waals surface area contributed by atoms with Gasteiger partial charge in [-0.15, -0.1) is 0 Å². The molecule has 0 N–H and O–H groups in total. The maximum atomic E-state index is 12.1. The van der Waals surface area contributed by atoms with Gasteiger partial charge in [-0.05, 0) is 25.7 Å². The average Bonchev–Trinajstić information content (AvgIpc) is 2.42. The highest BCUT2D eigenvalue weighted by atomic mass is 32.2. The van der Waals surface area contributed by atoms with Crippen LogP contribution in [-0.4, -0.2) is 19.8 Å². The van der Waals surface area contributed by atoms with E-state index in [9.17, 15) is 13.6 Å². The first-order valence-electron chi connectivity index (χ1n) is 7.92. The molecule has 0 spiro atoms. The van der Waals surface area contributed by atoms with Crippen molar-refractivity contribution in [2.24, 2.45) is 5.41 Å². The van der Waals surface area contributed by atoms with Gasteiger partial charge in [0, 0.05) is 17.1 Å². The highest BCUT2D eigenvalue weighted by molar-refractivity contribution is 7.79. The maximum absolute atomic E-state index is 12.1. The Morgan fingerprint density at radius 3 is 1.80 bits per heavy atom. The van der Waals surface area contributed by atoms with Crippen molar-refractivity contribution >= 4 is 16.9 Å². The molecular weight excluding hydrogens is 272 g/mol. The minimum Gasteiger partial charge on any atom is -0.772 e. The van der Waals surface area contributed by atoms with Crippen LogP contribution in [0.1, 0.15) is 86.5 Å². The summed E-state index contributed by atoms with van der Waals surface area (Å²) < 4.78 is 19.4. The SMILES string of the molecule is CC(C)S(=O)[O-].CCCCC(=O)C(CC)(CC)CCC. The third kappa shape index (κ3) is 8.85. The van der Waals surface area contributed by atoms with E-state index in [0.717, 1.165) is 44.9 Å². The summed E-state index contributed by atoms with van der Waals surface area (Å²) in [4.78, 5) is 12.1. The minimum absolute atomic E-state index is 0.00389. The van der Waals surface area contributed by atoms with Crippen molar-refractivity contribution in [3.8, 4) is 0 Å². The van der Waals surface area contributed by atoms with Gasteiger partial charge in [0.2, 0.25) is 0 Å². The predicted molar refractivity (Wildman–Crippen MR) is 86.5 cm³/mol. The van der Waals surface area contributed by atoms with Gasteiger partial charge in [0.05, 0.1) is 0 Å². The summed E-state index contributed by atoms with van der Waals surface area (Å²) in [5.41, 5.74) is 0.00389. The molecule has 0 aromatic heterocycles. The molecule has 1 unspecified atom stereocenters. The van der Waals surface area contributed by atoms with Crippen LogP contribution in [-0.2, 0) is 15.9 Å². The Bertz CT molecular complexity index is 271. The van der Waals surface area contributed by atoms with Gasteiger partial charge in [-0.25, -0.2) is 0 Å². The molecule has 1 atom stereocenters. The van der Waals surface area contributed by atoms with Crippen molar-refractivity contribution in [3.63, 3.8) is 0 Å². The number of hydrogen-bond acceptors (Lipinski definition) is 3. The summed E-state index contributed by atoms with van der Waals surface area (Å²) in [5.74, 6) is 0.506. The Hall–Kier alpha value is -0.220. The second-order valence-electron chi connectivity index (χ2n) is 5.57. The van der Waals surface area contributed by atoms with Crippen LogP contribution < -0.4 is 0 Å². The molecule has 4 heteroatoms. The van der Waals surface area contributed by atoms with Crippen LogP contribution in [0.25, 0.3) is 0 Å². The van der Waals surface area contributed by atoms with E-state index in [1.165, 1.54) is 0 Å². The zero-order chi connectivity index (χ0) is 16.2. The van der Waals surface area contributed by atoms with Gasteiger partial charge < -0.3 is 4.55 Å². The van der Waals surface area contributed by atoms with Crippen molar-refractivity contribution in [2.75, 3.05) is 0 Å². The quantitative estimate of drug-likeness (QED) is 0.584. The third-order valence-electron chi connectivity index (χ3n) is 3.82. The molecule has 0 aliphatic rings. The number of hydrogen-bond donors (Lipinski definition) is 0. The zero-order valence-corrected chi connectivity index (χ0v) is 15.0. The summed E-state index contributed by atoms with van der Waals surface area (Å²) in [6, 6.07) is 0. The summed E-state index contributed by atoms with van der Waals surface area (Å²) in [6.45, 7) is 11.9. The number of ketones is 1. The van der Waals surface area contributed by atoms with E-state index in [1.54, 1.807) is 13.8 Å². The molecule has 0 radical (unpaired) electrons. The lowest BCUT2D eigenvalue weighted by Gasteiger charge is -2.29. The lowest BCUT2D eigenvalue weighted by atomic mass is 9.73. The molecule has 20 heavy (non-hydrogen) atoms. The molecule has 0 aliphatic carbocycles. The van der Waals surface area contributed by atoms with Gasteiger partial charge in [-0.1, -0.05) is 65.5 Å². The Morgan fingerprint density at radius 1 is 1.10 bits per heavy atom. The lowest BCUT2D eigenvalue weighted by Crippen LogP contribution is -2.29. The van der Waals surface area contributed by atoms with E-state index in [4.69, 9.17) is 0 Å². The maximum Gasteiger partial charge on any atom is 0.139 e. The number of Topliss-reactive ketones (excluding diaryl/α,β-unsaturated/α-hetero) is 1. The number of rotatable bonds is 9. The van der Waals surface area contributed by atoms with Crippen LogP contribution in [0.4, 0.5) is 0 Å². The van der Waals surface area contributed by atoms with Crippen molar-refractivity contribution < 1.29 is 13.6 Å². The standard InChI is InChI=1S/C13H26O.C3H8O2S/c1-5-9-10-12(14)13(7-3,8-4)11-6-2;1-3(2)6(4)5/h5-11H2,1-4H3;3H,1-2H3,(H,4,5)/p-1. The van der Waals surface area contributed by atoms with Gasteiger partial charge >= 0.3 is 0 Å². The van der Waals surface area contributed by atoms with E-state index >= 15 is 0 Å². The molecular formula is C16H33O3S-. The first-order chi connectivity index (χ1) is 9.31. The lowest BCUT2D eigenvalue weighted by molar-refractivity contribution is -0.129. The average molecular weight is 306 g/mol. The molecule has 0 fully saturated rings. The molecule has 0 bridgehead atoms. The number of carbonyl (C=O) groups excluding carboxylic acids is 1. The Kier molecular flexibility index (Phi) is 13.8. The summed E-state index contributed by atoms with van der Waals surface area (Å²) in [5, 5.41) is -0.231. The molecule has 0 aliphatic heterocycles. The van der Waals surface area contributed by atoms with Crippen LogP contribution in [0.2, 0.25) is 0 Å². The van der Waals surface area contributed by atoms with Crippen molar-refractivity contribution in [1.29, 1.82) is 0 Å². The van der Waals surface area contributed by atoms with E-state index < -0.39 is 11.1 Å². The molecule has 0 heterocycles. The van der Waals surface area contributed by atoms with E-state index in [1.807, 2.05) is 0 Å². The van der Waals surface area contributed by atoms with E-state index in [0.29, 0.717) is 5.78 Å². The highest BCUT2D eigenvalue weighted by Crippen LogP contribution is 2.34. The second-order valence-corrected chi connectivity index (χ2v) is 7.04. The Labute approximate surface area is 128 Å². The summed E-state index contributed by atoms with van der Waals surface area (Å²) >= 11 is -1.87. The van der Waals surface area contributed by atoms with Gasteiger partial charge in [0.15, 0.2) is 0 Å². The smallest absolute Gasteiger partial charge is 0.139 e. The molecule has 122 valence electrons. The first kappa shape index (κ1) is 22.1. The van der Waals surface area contributed by atoms with E-state index in [-0.39, 0.29) is 10.7 Å². The fourth-order valence-corrected chi connectivity index (χ4v) is 2.22. The fourth-order valence-electron chi connectivity index (χ4n) is 2.22. The van der Waals surface area contributed by atoms with Crippen LogP contribution in [0.3, 0.4) is 0 Å². The zero-order valence-electron chi connectivity index (χ0n) is 14.2.